The molecule has 1 aliphatic heterocycles. The summed E-state index contributed by atoms with van der Waals surface area (Å²) in [6.45, 7) is 3.06. The number of aryl methyl sites for hydroxylation is 1. The fourth-order valence-corrected chi connectivity index (χ4v) is 1.93. The summed E-state index contributed by atoms with van der Waals surface area (Å²) in [5, 5.41) is 5.79. The third-order valence-corrected chi connectivity index (χ3v) is 2.76. The van der Waals surface area contributed by atoms with E-state index in [1.165, 1.54) is 6.26 Å². The van der Waals surface area contributed by atoms with Gasteiger partial charge in [-0.05, 0) is 19.1 Å². The van der Waals surface area contributed by atoms with E-state index in [0.29, 0.717) is 23.6 Å². The average molecular weight is 259 g/mol. The van der Waals surface area contributed by atoms with Crippen LogP contribution in [0.1, 0.15) is 16.1 Å². The van der Waals surface area contributed by atoms with Crippen LogP contribution in [0.5, 0.6) is 5.75 Å². The van der Waals surface area contributed by atoms with Crippen molar-refractivity contribution in [2.24, 2.45) is 0 Å². The normalized spacial score (nSPS) is 13.1. The van der Waals surface area contributed by atoms with Crippen molar-refractivity contribution in [3.05, 3.63) is 35.7 Å². The largest absolute Gasteiger partial charge is 0.489 e. The van der Waals surface area contributed by atoms with Crippen LogP contribution in [-0.2, 0) is 0 Å². The number of carbonyl (C=O) groups is 1. The minimum absolute atomic E-state index is 0.184. The summed E-state index contributed by atoms with van der Waals surface area (Å²) in [6, 6.07) is 5.57. The molecule has 0 aliphatic carbocycles. The number of ether oxygens (including phenoxy) is 1. The second-order valence-electron chi connectivity index (χ2n) is 4.21. The van der Waals surface area contributed by atoms with Crippen molar-refractivity contribution in [1.82, 2.24) is 4.98 Å². The number of benzene rings is 1. The monoisotopic (exact) mass is 259 g/mol. The Hall–Kier alpha value is -2.50. The molecule has 1 aromatic carbocycles. The van der Waals surface area contributed by atoms with Gasteiger partial charge in [0.25, 0.3) is 5.91 Å². The molecular formula is C13H13N3O3. The van der Waals surface area contributed by atoms with Crippen LogP contribution < -0.4 is 15.4 Å². The molecule has 6 heteroatoms. The molecule has 0 bridgehead atoms. The summed E-state index contributed by atoms with van der Waals surface area (Å²) in [6.07, 6.45) is 1.48. The highest BCUT2D eigenvalue weighted by molar-refractivity contribution is 6.06. The van der Waals surface area contributed by atoms with E-state index in [1.807, 2.05) is 6.07 Å². The molecule has 0 saturated carbocycles. The Balaban J connectivity index is 1.87. The Labute approximate surface area is 109 Å². The maximum absolute atomic E-state index is 12.2. The summed E-state index contributed by atoms with van der Waals surface area (Å²) in [5.74, 6) is 0.261. The van der Waals surface area contributed by atoms with Crippen molar-refractivity contribution in [3.63, 3.8) is 0 Å². The van der Waals surface area contributed by atoms with Gasteiger partial charge in [-0.25, -0.2) is 0 Å². The van der Waals surface area contributed by atoms with E-state index in [1.54, 1.807) is 19.1 Å². The fraction of sp³-hybridized carbons (Fsp3) is 0.231. The third-order valence-electron chi connectivity index (χ3n) is 2.76. The first-order chi connectivity index (χ1) is 9.24. The number of carbonyl (C=O) groups excluding carboxylic acids is 1. The Morgan fingerprint density at radius 3 is 3.16 bits per heavy atom. The topological polar surface area (TPSA) is 76.4 Å². The Morgan fingerprint density at radius 2 is 2.37 bits per heavy atom. The quantitative estimate of drug-likeness (QED) is 0.863. The SMILES string of the molecule is Cc1coc(NC(=O)c2cccc3c2OCCN3)n1. The first kappa shape index (κ1) is 11.6. The van der Waals surface area contributed by atoms with E-state index in [9.17, 15) is 4.79 Å². The highest BCUT2D eigenvalue weighted by atomic mass is 16.5. The number of hydrogen-bond donors (Lipinski definition) is 2. The number of anilines is 2. The van der Waals surface area contributed by atoms with Gasteiger partial charge in [0.05, 0.1) is 16.9 Å². The number of nitrogens with one attached hydrogen (secondary N) is 2. The molecule has 0 radical (unpaired) electrons. The van der Waals surface area contributed by atoms with Gasteiger partial charge in [0, 0.05) is 6.54 Å². The zero-order chi connectivity index (χ0) is 13.2. The lowest BCUT2D eigenvalue weighted by Gasteiger charge is -2.21. The van der Waals surface area contributed by atoms with Gasteiger partial charge >= 0.3 is 6.01 Å². The molecule has 3 rings (SSSR count). The summed E-state index contributed by atoms with van der Waals surface area (Å²) >= 11 is 0. The van der Waals surface area contributed by atoms with Gasteiger partial charge in [0.1, 0.15) is 12.9 Å². The first-order valence-electron chi connectivity index (χ1n) is 5.97. The number of amides is 1. The van der Waals surface area contributed by atoms with E-state index >= 15 is 0 Å². The number of hydrogen-bond acceptors (Lipinski definition) is 5. The van der Waals surface area contributed by atoms with Crippen LogP contribution in [0.15, 0.2) is 28.9 Å². The molecular weight excluding hydrogens is 246 g/mol. The molecule has 1 aliphatic rings. The fourth-order valence-electron chi connectivity index (χ4n) is 1.93. The van der Waals surface area contributed by atoms with Crippen LogP contribution in [-0.4, -0.2) is 24.0 Å². The van der Waals surface area contributed by atoms with Crippen LogP contribution in [0.2, 0.25) is 0 Å². The van der Waals surface area contributed by atoms with Gasteiger partial charge < -0.3 is 14.5 Å². The summed E-state index contributed by atoms with van der Waals surface area (Å²) in [4.78, 5) is 16.2. The lowest BCUT2D eigenvalue weighted by atomic mass is 10.1. The molecule has 0 unspecified atom stereocenters. The van der Waals surface area contributed by atoms with Crippen LogP contribution >= 0.6 is 0 Å². The van der Waals surface area contributed by atoms with E-state index in [2.05, 4.69) is 15.6 Å². The van der Waals surface area contributed by atoms with Gasteiger partial charge in [0.2, 0.25) is 0 Å². The molecule has 1 aromatic heterocycles. The predicted molar refractivity (Wildman–Crippen MR) is 69.6 cm³/mol. The number of para-hydroxylation sites is 1. The first-order valence-corrected chi connectivity index (χ1v) is 5.97. The number of fused-ring (bicyclic) bond motifs is 1. The van der Waals surface area contributed by atoms with Crippen LogP contribution in [0, 0.1) is 6.92 Å². The highest BCUT2D eigenvalue weighted by Gasteiger charge is 2.20. The molecule has 0 fully saturated rings. The van der Waals surface area contributed by atoms with Gasteiger partial charge in [-0.15, -0.1) is 0 Å². The number of nitrogens with zero attached hydrogens (tertiary/aromatic N) is 1. The highest BCUT2D eigenvalue weighted by Crippen LogP contribution is 2.31. The van der Waals surface area contributed by atoms with E-state index in [0.717, 1.165) is 12.2 Å². The van der Waals surface area contributed by atoms with Crippen molar-refractivity contribution in [3.8, 4) is 5.75 Å². The molecule has 19 heavy (non-hydrogen) atoms. The van der Waals surface area contributed by atoms with Crippen molar-refractivity contribution in [2.75, 3.05) is 23.8 Å². The van der Waals surface area contributed by atoms with Gasteiger partial charge in [0.15, 0.2) is 5.75 Å². The summed E-state index contributed by atoms with van der Waals surface area (Å²) in [7, 11) is 0. The van der Waals surface area contributed by atoms with Crippen LogP contribution in [0.25, 0.3) is 0 Å². The van der Waals surface area contributed by atoms with Crippen molar-refractivity contribution in [2.45, 2.75) is 6.92 Å². The maximum Gasteiger partial charge on any atom is 0.301 e. The van der Waals surface area contributed by atoms with Crippen LogP contribution in [0.3, 0.4) is 0 Å². The standard InChI is InChI=1S/C13H13N3O3/c1-8-7-19-13(15-8)16-12(17)9-3-2-4-10-11(9)18-6-5-14-10/h2-4,7,14H,5-6H2,1H3,(H,15,16,17). The average Bonchev–Trinajstić information content (AvgIpc) is 2.83. The van der Waals surface area contributed by atoms with Gasteiger partial charge in [-0.1, -0.05) is 6.07 Å². The van der Waals surface area contributed by atoms with Crippen molar-refractivity contribution in [1.29, 1.82) is 0 Å². The molecule has 1 amide bonds. The van der Waals surface area contributed by atoms with Gasteiger partial charge in [-0.2, -0.15) is 4.98 Å². The summed E-state index contributed by atoms with van der Waals surface area (Å²) < 4.78 is 10.6. The van der Waals surface area contributed by atoms with E-state index in [4.69, 9.17) is 9.15 Å². The molecule has 0 spiro atoms. The zero-order valence-corrected chi connectivity index (χ0v) is 10.4. The Morgan fingerprint density at radius 1 is 1.47 bits per heavy atom. The number of rotatable bonds is 2. The molecule has 2 N–H and O–H groups in total. The Bertz CT molecular complexity index is 621. The van der Waals surface area contributed by atoms with Crippen molar-refractivity contribution < 1.29 is 13.9 Å². The van der Waals surface area contributed by atoms with Crippen molar-refractivity contribution >= 4 is 17.6 Å². The lowest BCUT2D eigenvalue weighted by molar-refractivity contribution is 0.102. The molecule has 2 aromatic rings. The molecule has 2 heterocycles. The van der Waals surface area contributed by atoms with E-state index < -0.39 is 0 Å². The smallest absolute Gasteiger partial charge is 0.301 e. The number of oxazole rings is 1. The number of aromatic nitrogens is 1. The van der Waals surface area contributed by atoms with Crippen LogP contribution in [0.4, 0.5) is 11.7 Å². The minimum Gasteiger partial charge on any atom is -0.489 e. The summed E-state index contributed by atoms with van der Waals surface area (Å²) in [5.41, 5.74) is 1.99. The molecule has 98 valence electrons. The minimum atomic E-state index is -0.303. The maximum atomic E-state index is 12.2. The lowest BCUT2D eigenvalue weighted by Crippen LogP contribution is -2.21. The molecule has 6 nitrogen and oxygen atoms in total. The zero-order valence-electron chi connectivity index (χ0n) is 10.4. The molecule has 0 saturated heterocycles. The predicted octanol–water partition coefficient (Wildman–Crippen LogP) is 2.04. The second kappa shape index (κ2) is 4.64. The van der Waals surface area contributed by atoms with E-state index in [-0.39, 0.29) is 11.9 Å². The Kier molecular flexibility index (Phi) is 2.83. The van der Waals surface area contributed by atoms with Gasteiger partial charge in [-0.3, -0.25) is 10.1 Å². The molecule has 0 atom stereocenters. The second-order valence-corrected chi connectivity index (χ2v) is 4.21. The third kappa shape index (κ3) is 2.24.